The molecule has 0 bridgehead atoms. The Morgan fingerprint density at radius 1 is 1.17 bits per heavy atom. The smallest absolute Gasteiger partial charge is 0.328 e. The van der Waals surface area contributed by atoms with Gasteiger partial charge in [-0.25, -0.2) is 18.0 Å². The van der Waals surface area contributed by atoms with Crippen LogP contribution in [0.1, 0.15) is 23.7 Å². The number of halogens is 3. The summed E-state index contributed by atoms with van der Waals surface area (Å²) in [6, 6.07) is 7.97. The van der Waals surface area contributed by atoms with Gasteiger partial charge in [-0.2, -0.15) is 0 Å². The van der Waals surface area contributed by atoms with Gasteiger partial charge in [-0.3, -0.25) is 4.79 Å². The van der Waals surface area contributed by atoms with E-state index in [1.165, 1.54) is 17.8 Å². The lowest BCUT2D eigenvalue weighted by atomic mass is 10.1. The average Bonchev–Trinajstić information content (AvgIpc) is 2.64. The predicted molar refractivity (Wildman–Crippen MR) is 107 cm³/mol. The van der Waals surface area contributed by atoms with Crippen molar-refractivity contribution in [3.05, 3.63) is 83.2 Å². The minimum Gasteiger partial charge on any atom is -0.478 e. The molecule has 4 nitrogen and oxygen atoms in total. The van der Waals surface area contributed by atoms with Crippen molar-refractivity contribution in [1.82, 2.24) is 0 Å². The molecule has 2 aromatic rings. The molecule has 0 spiro atoms. The van der Waals surface area contributed by atoms with Crippen molar-refractivity contribution in [2.45, 2.75) is 18.2 Å². The quantitative estimate of drug-likeness (QED) is 0.258. The summed E-state index contributed by atoms with van der Waals surface area (Å²) >= 11 is 1.41. The highest BCUT2D eigenvalue weighted by molar-refractivity contribution is 7.99. The number of hydrogen-bond acceptors (Lipinski definition) is 3. The van der Waals surface area contributed by atoms with Gasteiger partial charge in [0.15, 0.2) is 17.5 Å². The molecule has 29 heavy (non-hydrogen) atoms. The first-order chi connectivity index (χ1) is 13.7. The minimum atomic E-state index is -1.60. The van der Waals surface area contributed by atoms with Crippen LogP contribution in [0.15, 0.2) is 65.1 Å². The summed E-state index contributed by atoms with van der Waals surface area (Å²) in [7, 11) is 0. The molecule has 2 aromatic carbocycles. The Morgan fingerprint density at radius 3 is 2.45 bits per heavy atom. The number of hydrogen-bond donors (Lipinski definition) is 2. The standard InChI is InChI=1S/C21H18F3NO3S/c1-12(7-19(26)27)6-13(2)11-29-16-5-3-4-14(8-16)21(28)25-15-9-17(22)20(24)18(23)10-15/h3-5,7-10H,2,6,11H2,1H3,(H,25,28)(H,26,27)/b12-7-. The number of nitrogens with one attached hydrogen (secondary N) is 1. The van der Waals surface area contributed by atoms with Crippen molar-refractivity contribution in [2.24, 2.45) is 0 Å². The van der Waals surface area contributed by atoms with Gasteiger partial charge in [0.1, 0.15) is 0 Å². The first kappa shape index (κ1) is 22.3. The SMILES string of the molecule is C=C(CSc1cccc(C(=O)Nc2cc(F)c(F)c(F)c2)c1)C/C(C)=C\C(=O)O. The highest BCUT2D eigenvalue weighted by atomic mass is 32.2. The van der Waals surface area contributed by atoms with Crippen LogP contribution >= 0.6 is 11.8 Å². The van der Waals surface area contributed by atoms with Gasteiger partial charge in [-0.1, -0.05) is 23.8 Å². The fourth-order valence-corrected chi connectivity index (χ4v) is 3.31. The van der Waals surface area contributed by atoms with Crippen LogP contribution < -0.4 is 5.32 Å². The fraction of sp³-hybridized carbons (Fsp3) is 0.143. The third kappa shape index (κ3) is 6.83. The molecular weight excluding hydrogens is 403 g/mol. The Hall–Kier alpha value is -3.00. The maximum absolute atomic E-state index is 13.3. The Morgan fingerprint density at radius 2 is 1.83 bits per heavy atom. The number of carbonyl (C=O) groups is 2. The van der Waals surface area contributed by atoms with Crippen LogP contribution in [0.3, 0.4) is 0 Å². The lowest BCUT2D eigenvalue weighted by Gasteiger charge is -2.09. The molecule has 8 heteroatoms. The molecule has 1 amide bonds. The van der Waals surface area contributed by atoms with Crippen LogP contribution in [-0.2, 0) is 4.79 Å². The molecule has 0 saturated heterocycles. The molecule has 0 radical (unpaired) electrons. The van der Waals surface area contributed by atoms with Crippen LogP contribution in [0.25, 0.3) is 0 Å². The number of allylic oxidation sites excluding steroid dienone is 1. The molecule has 0 atom stereocenters. The zero-order valence-electron chi connectivity index (χ0n) is 15.5. The normalized spacial score (nSPS) is 11.2. The first-order valence-corrected chi connectivity index (χ1v) is 9.39. The van der Waals surface area contributed by atoms with Crippen LogP contribution in [0.5, 0.6) is 0 Å². The molecule has 0 saturated carbocycles. The third-order valence-electron chi connectivity index (χ3n) is 3.68. The summed E-state index contributed by atoms with van der Waals surface area (Å²) in [5.74, 6) is -5.48. The monoisotopic (exact) mass is 421 g/mol. The van der Waals surface area contributed by atoms with Gasteiger partial charge in [0.25, 0.3) is 5.91 Å². The Balaban J connectivity index is 2.01. The molecule has 0 unspecified atom stereocenters. The Labute approximate surface area is 170 Å². The van der Waals surface area contributed by atoms with Crippen LogP contribution in [0, 0.1) is 17.5 Å². The van der Waals surface area contributed by atoms with Gasteiger partial charge in [-0.15, -0.1) is 11.8 Å². The minimum absolute atomic E-state index is 0.196. The number of aliphatic carboxylic acids is 1. The second kappa shape index (κ2) is 9.97. The maximum atomic E-state index is 13.3. The summed E-state index contributed by atoms with van der Waals surface area (Å²) in [6.45, 7) is 5.62. The van der Waals surface area contributed by atoms with Crippen molar-refractivity contribution in [3.63, 3.8) is 0 Å². The van der Waals surface area contributed by atoms with Gasteiger partial charge in [-0.05, 0) is 31.5 Å². The maximum Gasteiger partial charge on any atom is 0.328 e. The Bertz CT molecular complexity index is 966. The summed E-state index contributed by atoms with van der Waals surface area (Å²) < 4.78 is 39.6. The number of thioether (sulfide) groups is 1. The van der Waals surface area contributed by atoms with Crippen LogP contribution in [-0.4, -0.2) is 22.7 Å². The number of anilines is 1. The van der Waals surface area contributed by atoms with Crippen LogP contribution in [0.2, 0.25) is 0 Å². The number of amides is 1. The fourth-order valence-electron chi connectivity index (χ4n) is 2.45. The molecule has 0 aliphatic carbocycles. The van der Waals surface area contributed by atoms with E-state index >= 15 is 0 Å². The summed E-state index contributed by atoms with van der Waals surface area (Å²) in [5, 5.41) is 11.1. The zero-order valence-corrected chi connectivity index (χ0v) is 16.3. The topological polar surface area (TPSA) is 66.4 Å². The summed E-state index contributed by atoms with van der Waals surface area (Å²) in [4.78, 5) is 23.7. The highest BCUT2D eigenvalue weighted by Crippen LogP contribution is 2.24. The molecule has 0 fully saturated rings. The van der Waals surface area contributed by atoms with Gasteiger partial charge < -0.3 is 10.4 Å². The number of carbonyl (C=O) groups excluding carboxylic acids is 1. The highest BCUT2D eigenvalue weighted by Gasteiger charge is 2.13. The molecule has 0 aliphatic rings. The second-order valence-electron chi connectivity index (χ2n) is 6.28. The van der Waals surface area contributed by atoms with E-state index in [2.05, 4.69) is 11.9 Å². The van der Waals surface area contributed by atoms with Crippen LogP contribution in [0.4, 0.5) is 18.9 Å². The lowest BCUT2D eigenvalue weighted by molar-refractivity contribution is -0.131. The van der Waals surface area contributed by atoms with E-state index < -0.39 is 29.3 Å². The number of rotatable bonds is 8. The van der Waals surface area contributed by atoms with E-state index in [-0.39, 0.29) is 11.3 Å². The average molecular weight is 421 g/mol. The van der Waals surface area contributed by atoms with Gasteiger partial charge >= 0.3 is 5.97 Å². The zero-order chi connectivity index (χ0) is 21.6. The summed E-state index contributed by atoms with van der Waals surface area (Å²) in [5.41, 5.74) is 1.55. The first-order valence-electron chi connectivity index (χ1n) is 8.41. The molecular formula is C21H18F3NO3S. The second-order valence-corrected chi connectivity index (χ2v) is 7.33. The predicted octanol–water partition coefficient (Wildman–Crippen LogP) is 5.43. The molecule has 0 aliphatic heterocycles. The molecule has 2 N–H and O–H groups in total. The third-order valence-corrected chi connectivity index (χ3v) is 4.82. The largest absolute Gasteiger partial charge is 0.478 e. The van der Waals surface area contributed by atoms with E-state index in [0.717, 1.165) is 16.5 Å². The Kier molecular flexibility index (Phi) is 7.67. The van der Waals surface area contributed by atoms with E-state index in [9.17, 15) is 22.8 Å². The molecule has 0 heterocycles. The number of carboxylic acid groups (broad SMARTS) is 1. The van der Waals surface area contributed by atoms with Crippen molar-refractivity contribution in [2.75, 3.05) is 11.1 Å². The number of benzene rings is 2. The molecule has 152 valence electrons. The van der Waals surface area contributed by atoms with E-state index in [0.29, 0.717) is 29.9 Å². The molecule has 0 aromatic heterocycles. The summed E-state index contributed by atoms with van der Waals surface area (Å²) in [6.07, 6.45) is 1.57. The van der Waals surface area contributed by atoms with Crippen molar-refractivity contribution < 1.29 is 27.9 Å². The lowest BCUT2D eigenvalue weighted by Crippen LogP contribution is -2.12. The van der Waals surface area contributed by atoms with E-state index in [1.54, 1.807) is 25.1 Å². The van der Waals surface area contributed by atoms with E-state index in [1.807, 2.05) is 0 Å². The number of carboxylic acids is 1. The van der Waals surface area contributed by atoms with Crippen molar-refractivity contribution in [3.8, 4) is 0 Å². The van der Waals surface area contributed by atoms with Crippen molar-refractivity contribution in [1.29, 1.82) is 0 Å². The van der Waals surface area contributed by atoms with Gasteiger partial charge in [0.2, 0.25) is 0 Å². The molecule has 2 rings (SSSR count). The van der Waals surface area contributed by atoms with Gasteiger partial charge in [0.05, 0.1) is 0 Å². The van der Waals surface area contributed by atoms with E-state index in [4.69, 9.17) is 5.11 Å². The van der Waals surface area contributed by atoms with Gasteiger partial charge in [0, 0.05) is 40.1 Å². The van der Waals surface area contributed by atoms with Crippen molar-refractivity contribution >= 4 is 29.3 Å².